The Labute approximate surface area is 211 Å². The fourth-order valence-corrected chi connectivity index (χ4v) is 3.93. The van der Waals surface area contributed by atoms with Crippen LogP contribution in [0.5, 0.6) is 0 Å². The van der Waals surface area contributed by atoms with Crippen LogP contribution >= 0.6 is 8.58 Å². The summed E-state index contributed by atoms with van der Waals surface area (Å²) in [6, 6.07) is 0. The van der Waals surface area contributed by atoms with Crippen LogP contribution in [0.15, 0.2) is 5.10 Å². The molecule has 0 radical (unpaired) electrons. The molecule has 0 rings (SSSR count). The molecule has 0 bridgehead atoms. The van der Waals surface area contributed by atoms with E-state index in [0.29, 0.717) is 25.6 Å². The summed E-state index contributed by atoms with van der Waals surface area (Å²) in [5.41, 5.74) is -0.114. The summed E-state index contributed by atoms with van der Waals surface area (Å²) in [5, 5.41) is 2.57. The van der Waals surface area contributed by atoms with Gasteiger partial charge in [0.1, 0.15) is 12.2 Å². The van der Waals surface area contributed by atoms with E-state index in [4.69, 9.17) is 18.9 Å². The summed E-state index contributed by atoms with van der Waals surface area (Å²) in [6.07, 6.45) is 1.04. The first-order valence-corrected chi connectivity index (χ1v) is 13.0. The molecule has 0 aromatic rings. The van der Waals surface area contributed by atoms with Crippen molar-refractivity contribution >= 4 is 32.9 Å². The Kier molecular flexibility index (Phi) is 14.1. The van der Waals surface area contributed by atoms with Gasteiger partial charge >= 0.3 is 18.1 Å². The van der Waals surface area contributed by atoms with E-state index in [0.717, 1.165) is 0 Å². The zero-order chi connectivity index (χ0) is 27.3. The van der Waals surface area contributed by atoms with Gasteiger partial charge in [-0.3, -0.25) is 9.59 Å². The first-order chi connectivity index (χ1) is 15.9. The number of nitrogens with zero attached hydrogens (tertiary/aromatic N) is 1. The molecule has 0 aliphatic heterocycles. The third-order valence-corrected chi connectivity index (χ3v) is 7.53. The number of carbonyl (C=O) groups is 3. The zero-order valence-corrected chi connectivity index (χ0v) is 23.7. The highest BCUT2D eigenvalue weighted by molar-refractivity contribution is 7.41. The van der Waals surface area contributed by atoms with Gasteiger partial charge in [0.2, 0.25) is 0 Å². The molecule has 2 unspecified atom stereocenters. The molecule has 9 nitrogen and oxygen atoms in total. The highest BCUT2D eigenvalue weighted by Gasteiger charge is 2.40. The molecule has 0 heterocycles. The smallest absolute Gasteiger partial charge is 0.417 e. The summed E-state index contributed by atoms with van der Waals surface area (Å²) in [5.74, 6) is -0.666. The van der Waals surface area contributed by atoms with Crippen LogP contribution in [0, 0.1) is 5.41 Å². The quantitative estimate of drug-likeness (QED) is 0.0599. The molecule has 0 aliphatic rings. The Morgan fingerprint density at radius 2 is 1.60 bits per heavy atom. The molecule has 0 aromatic carbocycles. The number of hydrogen-bond donors (Lipinski definition) is 1. The molecule has 0 saturated heterocycles. The van der Waals surface area contributed by atoms with E-state index in [1.54, 1.807) is 19.3 Å². The second-order valence-electron chi connectivity index (χ2n) is 10.7. The molecular formula is C24H44FN2O7P. The largest absolute Gasteiger partial charge is 0.463 e. The average Bonchev–Trinajstić information content (AvgIpc) is 2.71. The van der Waals surface area contributed by atoms with Crippen molar-refractivity contribution in [1.82, 2.24) is 5.43 Å². The van der Waals surface area contributed by atoms with E-state index in [1.165, 1.54) is 6.21 Å². The minimum absolute atomic E-state index is 0.0260. The van der Waals surface area contributed by atoms with E-state index in [9.17, 15) is 18.8 Å². The maximum atomic E-state index is 13.1. The Morgan fingerprint density at radius 3 is 2.14 bits per heavy atom. The van der Waals surface area contributed by atoms with Gasteiger partial charge in [-0.05, 0) is 68.0 Å². The van der Waals surface area contributed by atoms with Crippen molar-refractivity contribution in [3.8, 4) is 0 Å². The summed E-state index contributed by atoms with van der Waals surface area (Å²) in [6.45, 7) is 17.7. The Bertz CT molecular complexity index is 723. The molecule has 0 aliphatic carbocycles. The molecule has 1 N–H and O–H groups in total. The highest BCUT2D eigenvalue weighted by atomic mass is 31.1. The van der Waals surface area contributed by atoms with Gasteiger partial charge < -0.3 is 18.9 Å². The molecule has 0 fully saturated rings. The van der Waals surface area contributed by atoms with E-state index >= 15 is 0 Å². The number of hydrogen-bond acceptors (Lipinski definition) is 8. The molecule has 204 valence electrons. The fraction of sp³-hybridized carbons (Fsp3) is 0.833. The van der Waals surface area contributed by atoms with Crippen molar-refractivity contribution in [2.45, 2.75) is 91.5 Å². The van der Waals surface area contributed by atoms with E-state index < -0.39 is 28.3 Å². The molecule has 35 heavy (non-hydrogen) atoms. The summed E-state index contributed by atoms with van der Waals surface area (Å²) >= 11 is 0. The normalized spacial score (nSPS) is 14.8. The maximum Gasteiger partial charge on any atom is 0.417 e. The van der Waals surface area contributed by atoms with Crippen LogP contribution in [-0.4, -0.2) is 73.3 Å². The van der Waals surface area contributed by atoms with E-state index in [2.05, 4.69) is 5.10 Å². The summed E-state index contributed by atoms with van der Waals surface area (Å²) < 4.78 is 34.0. The second kappa shape index (κ2) is 14.8. The number of nitrogens with one attached hydrogen (secondary N) is 1. The van der Waals surface area contributed by atoms with Crippen molar-refractivity contribution in [2.24, 2.45) is 10.5 Å². The SMILES string of the molecule is CCC(C)(PCC(C)(C)C(=O)OCCOC/C=N/NC(=O)F)C(=O)OC(C)(C)CCOC(C)(C)C. The minimum Gasteiger partial charge on any atom is -0.463 e. The van der Waals surface area contributed by atoms with Gasteiger partial charge in [-0.15, -0.1) is 13.0 Å². The summed E-state index contributed by atoms with van der Waals surface area (Å²) in [4.78, 5) is 35.7. The first kappa shape index (κ1) is 33.4. The number of carbonyl (C=O) groups excluding carboxylic acids is 3. The Balaban J connectivity index is 4.64. The number of hydrazone groups is 1. The highest BCUT2D eigenvalue weighted by Crippen LogP contribution is 2.41. The topological polar surface area (TPSA) is 113 Å². The lowest BCUT2D eigenvalue weighted by molar-refractivity contribution is -0.162. The Morgan fingerprint density at radius 1 is 0.971 bits per heavy atom. The standard InChI is InChI=1S/C24H44FN2O7P/c1-10-24(9,19(29)34-23(7,8)11-13-33-21(2,3)4)35-17-22(5,6)18(28)32-16-15-31-14-12-26-27-20(25)30/h12,35H,10-11,13-17H2,1-9H3,(H,27,30)/b26-12+. The van der Waals surface area contributed by atoms with Crippen LogP contribution < -0.4 is 5.43 Å². The van der Waals surface area contributed by atoms with Crippen molar-refractivity contribution in [1.29, 1.82) is 0 Å². The summed E-state index contributed by atoms with van der Waals surface area (Å²) in [7, 11) is 0.162. The lowest BCUT2D eigenvalue weighted by Gasteiger charge is -2.35. The molecule has 1 amide bonds. The van der Waals surface area contributed by atoms with Crippen LogP contribution in [0.4, 0.5) is 9.18 Å². The molecular weight excluding hydrogens is 478 g/mol. The Hall–Kier alpha value is -1.64. The van der Waals surface area contributed by atoms with Crippen molar-refractivity contribution in [2.75, 3.05) is 32.6 Å². The van der Waals surface area contributed by atoms with Gasteiger partial charge in [0.15, 0.2) is 0 Å². The fourth-order valence-electron chi connectivity index (χ4n) is 2.51. The molecule has 0 aromatic heterocycles. The van der Waals surface area contributed by atoms with Crippen molar-refractivity contribution < 1.29 is 37.7 Å². The van der Waals surface area contributed by atoms with Crippen LogP contribution in [-0.2, 0) is 28.5 Å². The number of halogens is 1. The van der Waals surface area contributed by atoms with Crippen molar-refractivity contribution in [3.63, 3.8) is 0 Å². The van der Waals surface area contributed by atoms with E-state index in [1.807, 2.05) is 48.5 Å². The predicted octanol–water partition coefficient (Wildman–Crippen LogP) is 4.61. The van der Waals surface area contributed by atoms with Crippen LogP contribution in [0.1, 0.15) is 75.2 Å². The third kappa shape index (κ3) is 15.2. The van der Waals surface area contributed by atoms with Crippen LogP contribution in [0.2, 0.25) is 0 Å². The lowest BCUT2D eigenvalue weighted by atomic mass is 9.97. The van der Waals surface area contributed by atoms with Gasteiger partial charge in [0.25, 0.3) is 0 Å². The van der Waals surface area contributed by atoms with Gasteiger partial charge in [-0.1, -0.05) is 6.92 Å². The molecule has 2 atom stereocenters. The number of rotatable bonds is 16. The molecule has 0 saturated carbocycles. The van der Waals surface area contributed by atoms with Gasteiger partial charge in [0.05, 0.1) is 42.2 Å². The van der Waals surface area contributed by atoms with Crippen LogP contribution in [0.3, 0.4) is 0 Å². The maximum absolute atomic E-state index is 13.1. The number of ether oxygens (including phenoxy) is 4. The second-order valence-corrected chi connectivity index (χ2v) is 12.5. The van der Waals surface area contributed by atoms with Gasteiger partial charge in [-0.25, -0.2) is 10.2 Å². The molecule has 0 spiro atoms. The zero-order valence-electron chi connectivity index (χ0n) is 22.7. The van der Waals surface area contributed by atoms with Gasteiger partial charge in [-0.2, -0.15) is 5.10 Å². The first-order valence-electron chi connectivity index (χ1n) is 11.8. The molecule has 11 heteroatoms. The van der Waals surface area contributed by atoms with Gasteiger partial charge in [0, 0.05) is 6.42 Å². The number of esters is 2. The third-order valence-electron chi connectivity index (χ3n) is 5.14. The monoisotopic (exact) mass is 522 g/mol. The lowest BCUT2D eigenvalue weighted by Crippen LogP contribution is -2.41. The van der Waals surface area contributed by atoms with E-state index in [-0.39, 0.29) is 40.0 Å². The van der Waals surface area contributed by atoms with Crippen molar-refractivity contribution in [3.05, 3.63) is 0 Å². The number of amides is 1. The van der Waals surface area contributed by atoms with Crippen LogP contribution in [0.25, 0.3) is 0 Å². The minimum atomic E-state index is -1.76. The average molecular weight is 523 g/mol. The predicted molar refractivity (Wildman–Crippen MR) is 136 cm³/mol.